The third kappa shape index (κ3) is 5.19. The first-order valence-electron chi connectivity index (χ1n) is 8.50. The highest BCUT2D eigenvalue weighted by molar-refractivity contribution is 6.30. The number of hydrogen-bond donors (Lipinski definition) is 1. The fraction of sp³-hybridized carbons (Fsp3) is 0.0909. The Morgan fingerprint density at radius 3 is 2.37 bits per heavy atom. The number of nitrogens with zero attached hydrogens (tertiary/aromatic N) is 1. The number of amides is 1. The number of carbonyl (C=O) groups is 1. The molecule has 0 bridgehead atoms. The number of hydrazone groups is 1. The summed E-state index contributed by atoms with van der Waals surface area (Å²) < 4.78 is 5.71. The molecule has 0 aliphatic rings. The second-order valence-corrected chi connectivity index (χ2v) is 6.33. The zero-order chi connectivity index (χ0) is 19.1. The second kappa shape index (κ2) is 9.01. The quantitative estimate of drug-likeness (QED) is 0.488. The van der Waals surface area contributed by atoms with Gasteiger partial charge in [-0.25, -0.2) is 5.43 Å². The maximum atomic E-state index is 12.1. The number of benzene rings is 3. The van der Waals surface area contributed by atoms with Gasteiger partial charge in [-0.1, -0.05) is 72.3 Å². The first-order chi connectivity index (χ1) is 13.1. The van der Waals surface area contributed by atoms with E-state index in [1.165, 1.54) is 0 Å². The standard InChI is InChI=1S/C22H19ClN2O2/c1-16(17-11-13-19(23)14-12-17)24-25-22(26)15-27-21-10-6-5-9-20(21)18-7-3-2-4-8-18/h2-14H,15H2,1H3,(H,25,26). The number of ether oxygens (including phenoxy) is 1. The highest BCUT2D eigenvalue weighted by Gasteiger charge is 2.08. The Hall–Kier alpha value is -3.11. The minimum Gasteiger partial charge on any atom is -0.483 e. The third-order valence-corrected chi connectivity index (χ3v) is 4.19. The zero-order valence-electron chi connectivity index (χ0n) is 14.9. The Labute approximate surface area is 163 Å². The van der Waals surface area contributed by atoms with Gasteiger partial charge in [-0.3, -0.25) is 4.79 Å². The first kappa shape index (κ1) is 18.7. The first-order valence-corrected chi connectivity index (χ1v) is 8.87. The molecule has 3 aromatic rings. The van der Waals surface area contributed by atoms with Gasteiger partial charge in [0.15, 0.2) is 6.61 Å². The fourth-order valence-electron chi connectivity index (χ4n) is 2.53. The van der Waals surface area contributed by atoms with Crippen molar-refractivity contribution >= 4 is 23.2 Å². The molecule has 0 saturated heterocycles. The van der Waals surface area contributed by atoms with Gasteiger partial charge in [0.05, 0.1) is 5.71 Å². The van der Waals surface area contributed by atoms with E-state index in [1.807, 2.05) is 73.7 Å². The van der Waals surface area contributed by atoms with Crippen LogP contribution in [-0.4, -0.2) is 18.2 Å². The van der Waals surface area contributed by atoms with Gasteiger partial charge in [0.2, 0.25) is 0 Å². The predicted molar refractivity (Wildman–Crippen MR) is 109 cm³/mol. The smallest absolute Gasteiger partial charge is 0.277 e. The van der Waals surface area contributed by atoms with Crippen molar-refractivity contribution in [2.24, 2.45) is 5.10 Å². The molecule has 5 heteroatoms. The van der Waals surface area contributed by atoms with E-state index in [0.717, 1.165) is 16.7 Å². The molecule has 0 atom stereocenters. The van der Waals surface area contributed by atoms with Crippen molar-refractivity contribution in [1.29, 1.82) is 0 Å². The summed E-state index contributed by atoms with van der Waals surface area (Å²) in [5, 5.41) is 4.76. The summed E-state index contributed by atoms with van der Waals surface area (Å²) in [6, 6.07) is 24.8. The van der Waals surface area contributed by atoms with Crippen molar-refractivity contribution in [2.75, 3.05) is 6.61 Å². The lowest BCUT2D eigenvalue weighted by molar-refractivity contribution is -0.123. The topological polar surface area (TPSA) is 50.7 Å². The highest BCUT2D eigenvalue weighted by Crippen LogP contribution is 2.29. The summed E-state index contributed by atoms with van der Waals surface area (Å²) in [5.74, 6) is 0.323. The van der Waals surface area contributed by atoms with Crippen LogP contribution in [0.1, 0.15) is 12.5 Å². The van der Waals surface area contributed by atoms with Crippen LogP contribution in [0, 0.1) is 0 Å². The maximum Gasteiger partial charge on any atom is 0.277 e. The minimum atomic E-state index is -0.328. The highest BCUT2D eigenvalue weighted by atomic mass is 35.5. The average molecular weight is 379 g/mol. The van der Waals surface area contributed by atoms with E-state index < -0.39 is 0 Å². The van der Waals surface area contributed by atoms with Crippen LogP contribution >= 0.6 is 11.6 Å². The van der Waals surface area contributed by atoms with Gasteiger partial charge in [0.1, 0.15) is 5.75 Å². The largest absolute Gasteiger partial charge is 0.483 e. The molecule has 27 heavy (non-hydrogen) atoms. The summed E-state index contributed by atoms with van der Waals surface area (Å²) >= 11 is 5.87. The fourth-order valence-corrected chi connectivity index (χ4v) is 2.65. The van der Waals surface area contributed by atoms with Crippen molar-refractivity contribution in [3.8, 4) is 16.9 Å². The monoisotopic (exact) mass is 378 g/mol. The molecule has 0 spiro atoms. The SMILES string of the molecule is CC(=NNC(=O)COc1ccccc1-c1ccccc1)c1ccc(Cl)cc1. The van der Waals surface area contributed by atoms with E-state index in [-0.39, 0.29) is 12.5 Å². The minimum absolute atomic E-state index is 0.124. The van der Waals surface area contributed by atoms with Crippen molar-refractivity contribution in [1.82, 2.24) is 5.43 Å². The van der Waals surface area contributed by atoms with E-state index in [1.54, 1.807) is 12.1 Å². The molecular weight excluding hydrogens is 360 g/mol. The van der Waals surface area contributed by atoms with Gasteiger partial charge in [0.25, 0.3) is 5.91 Å². The van der Waals surface area contributed by atoms with Crippen LogP contribution in [0.3, 0.4) is 0 Å². The Morgan fingerprint density at radius 1 is 0.963 bits per heavy atom. The summed E-state index contributed by atoms with van der Waals surface area (Å²) in [5.41, 5.74) is 6.05. The van der Waals surface area contributed by atoms with Gasteiger partial charge in [-0.05, 0) is 36.2 Å². The predicted octanol–water partition coefficient (Wildman–Crippen LogP) is 4.93. The molecule has 3 rings (SSSR count). The normalized spacial score (nSPS) is 11.1. The number of nitrogens with one attached hydrogen (secondary N) is 1. The zero-order valence-corrected chi connectivity index (χ0v) is 15.6. The summed E-state index contributed by atoms with van der Waals surface area (Å²) in [7, 11) is 0. The number of halogens is 1. The van der Waals surface area contributed by atoms with E-state index in [9.17, 15) is 4.79 Å². The van der Waals surface area contributed by atoms with E-state index in [0.29, 0.717) is 16.5 Å². The molecule has 0 saturated carbocycles. The summed E-state index contributed by atoms with van der Waals surface area (Å²) in [6.45, 7) is 1.69. The van der Waals surface area contributed by atoms with Crippen LogP contribution < -0.4 is 10.2 Å². The van der Waals surface area contributed by atoms with Crippen LogP contribution in [0.25, 0.3) is 11.1 Å². The lowest BCUT2D eigenvalue weighted by Crippen LogP contribution is -2.25. The summed E-state index contributed by atoms with van der Waals surface area (Å²) in [6.07, 6.45) is 0. The number of carbonyl (C=O) groups excluding carboxylic acids is 1. The van der Waals surface area contributed by atoms with Crippen LogP contribution in [-0.2, 0) is 4.79 Å². The van der Waals surface area contributed by atoms with Gasteiger partial charge in [-0.15, -0.1) is 0 Å². The molecule has 1 N–H and O–H groups in total. The second-order valence-electron chi connectivity index (χ2n) is 5.89. The van der Waals surface area contributed by atoms with Crippen molar-refractivity contribution in [2.45, 2.75) is 6.92 Å². The number of rotatable bonds is 6. The van der Waals surface area contributed by atoms with Gasteiger partial charge in [0, 0.05) is 10.6 Å². The molecule has 4 nitrogen and oxygen atoms in total. The lowest BCUT2D eigenvalue weighted by Gasteiger charge is -2.11. The molecular formula is C22H19ClN2O2. The van der Waals surface area contributed by atoms with Gasteiger partial charge >= 0.3 is 0 Å². The molecule has 0 aliphatic heterocycles. The van der Waals surface area contributed by atoms with Crippen LogP contribution in [0.4, 0.5) is 0 Å². The lowest BCUT2D eigenvalue weighted by atomic mass is 10.1. The van der Waals surface area contributed by atoms with E-state index in [4.69, 9.17) is 16.3 Å². The average Bonchev–Trinajstić information content (AvgIpc) is 2.72. The van der Waals surface area contributed by atoms with E-state index >= 15 is 0 Å². The van der Waals surface area contributed by atoms with Gasteiger partial charge < -0.3 is 4.74 Å². The molecule has 0 fully saturated rings. The Morgan fingerprint density at radius 2 is 1.63 bits per heavy atom. The molecule has 3 aromatic carbocycles. The molecule has 0 unspecified atom stereocenters. The number of hydrogen-bond acceptors (Lipinski definition) is 3. The molecule has 0 aromatic heterocycles. The van der Waals surface area contributed by atoms with Crippen LogP contribution in [0.5, 0.6) is 5.75 Å². The van der Waals surface area contributed by atoms with E-state index in [2.05, 4.69) is 10.5 Å². The maximum absolute atomic E-state index is 12.1. The number of para-hydroxylation sites is 1. The summed E-state index contributed by atoms with van der Waals surface area (Å²) in [4.78, 5) is 12.1. The Kier molecular flexibility index (Phi) is 6.23. The Balaban J connectivity index is 1.61. The van der Waals surface area contributed by atoms with Crippen molar-refractivity contribution in [3.05, 3.63) is 89.4 Å². The molecule has 136 valence electrons. The molecule has 0 radical (unpaired) electrons. The molecule has 1 amide bonds. The van der Waals surface area contributed by atoms with Crippen LogP contribution in [0.15, 0.2) is 84.0 Å². The van der Waals surface area contributed by atoms with Gasteiger partial charge in [-0.2, -0.15) is 5.10 Å². The third-order valence-electron chi connectivity index (χ3n) is 3.94. The van der Waals surface area contributed by atoms with Crippen molar-refractivity contribution in [3.63, 3.8) is 0 Å². The molecule has 0 aliphatic carbocycles. The Bertz CT molecular complexity index is 938. The van der Waals surface area contributed by atoms with Crippen LogP contribution in [0.2, 0.25) is 5.02 Å². The van der Waals surface area contributed by atoms with Crippen molar-refractivity contribution < 1.29 is 9.53 Å². The molecule has 0 heterocycles.